The third kappa shape index (κ3) is 2.53. The topological polar surface area (TPSA) is 43.9 Å². The van der Waals surface area contributed by atoms with Gasteiger partial charge in [-0.05, 0) is 28.1 Å². The van der Waals surface area contributed by atoms with Crippen LogP contribution in [0.3, 0.4) is 0 Å². The lowest BCUT2D eigenvalue weighted by atomic mass is 10.3. The van der Waals surface area contributed by atoms with Crippen LogP contribution in [0.25, 0.3) is 11.2 Å². The van der Waals surface area contributed by atoms with E-state index in [1.807, 2.05) is 12.1 Å². The number of pyridine rings is 1. The minimum atomic E-state index is 0.538. The van der Waals surface area contributed by atoms with E-state index in [0.717, 1.165) is 27.0 Å². The first-order chi connectivity index (χ1) is 9.28. The molecule has 0 radical (unpaired) electrons. The van der Waals surface area contributed by atoms with Gasteiger partial charge in [-0.1, -0.05) is 0 Å². The van der Waals surface area contributed by atoms with Crippen LogP contribution in [0.4, 0.5) is 0 Å². The molecule has 0 aliphatic heterocycles. The van der Waals surface area contributed by atoms with Crippen molar-refractivity contribution < 1.29 is 4.42 Å². The first-order valence-corrected chi connectivity index (χ1v) is 7.18. The van der Waals surface area contributed by atoms with Gasteiger partial charge in [0.2, 0.25) is 0 Å². The highest BCUT2D eigenvalue weighted by atomic mass is 79.9. The van der Waals surface area contributed by atoms with Crippen molar-refractivity contribution in [3.63, 3.8) is 0 Å². The summed E-state index contributed by atoms with van der Waals surface area (Å²) in [6.07, 6.45) is 5.89. The van der Waals surface area contributed by atoms with Crippen molar-refractivity contribution in [1.29, 1.82) is 0 Å². The molecule has 0 saturated carbocycles. The Kier molecular flexibility index (Phi) is 3.57. The molecule has 0 atom stereocenters. The average molecular weight is 341 g/mol. The molecule has 3 aromatic rings. The van der Waals surface area contributed by atoms with E-state index >= 15 is 0 Å². The first kappa shape index (κ1) is 12.7. The Labute approximate surface area is 123 Å². The molecule has 6 heteroatoms. The monoisotopic (exact) mass is 339 g/mol. The number of hydrogen-bond acceptors (Lipinski definition) is 3. The summed E-state index contributed by atoms with van der Waals surface area (Å²) in [5, 5.41) is 0. The zero-order valence-corrected chi connectivity index (χ0v) is 12.4. The quantitative estimate of drug-likeness (QED) is 0.681. The molecule has 0 aliphatic rings. The maximum atomic E-state index is 5.85. The van der Waals surface area contributed by atoms with Crippen LogP contribution >= 0.6 is 27.5 Å². The molecule has 0 aliphatic carbocycles. The predicted molar refractivity (Wildman–Crippen MR) is 77.5 cm³/mol. The van der Waals surface area contributed by atoms with Gasteiger partial charge in [0, 0.05) is 28.5 Å². The standard InChI is InChI=1S/C13H11BrClN3O/c14-10-5-11-13(16-6-10)18(12(17-11)1-3-15)7-9-2-4-19-8-9/h2,4-6,8H,1,3,7H2. The number of furan rings is 1. The second-order valence-corrected chi connectivity index (χ2v) is 5.47. The van der Waals surface area contributed by atoms with E-state index in [2.05, 4.69) is 30.5 Å². The third-order valence-electron chi connectivity index (χ3n) is 2.87. The molecule has 3 aromatic heterocycles. The molecule has 98 valence electrons. The summed E-state index contributed by atoms with van der Waals surface area (Å²) >= 11 is 9.26. The number of aryl methyl sites for hydroxylation is 1. The van der Waals surface area contributed by atoms with Gasteiger partial charge in [0.1, 0.15) is 11.3 Å². The summed E-state index contributed by atoms with van der Waals surface area (Å²) in [7, 11) is 0. The lowest BCUT2D eigenvalue weighted by Crippen LogP contribution is -2.06. The lowest BCUT2D eigenvalue weighted by molar-refractivity contribution is 0.562. The van der Waals surface area contributed by atoms with Crippen molar-refractivity contribution >= 4 is 38.7 Å². The lowest BCUT2D eigenvalue weighted by Gasteiger charge is -2.05. The van der Waals surface area contributed by atoms with Crippen molar-refractivity contribution in [3.8, 4) is 0 Å². The predicted octanol–water partition coefficient (Wildman–Crippen LogP) is 3.62. The Hall–Kier alpha value is -1.33. The molecule has 19 heavy (non-hydrogen) atoms. The van der Waals surface area contributed by atoms with Crippen LogP contribution < -0.4 is 0 Å². The van der Waals surface area contributed by atoms with Crippen LogP contribution in [-0.4, -0.2) is 20.4 Å². The van der Waals surface area contributed by atoms with Gasteiger partial charge in [0.25, 0.3) is 0 Å². The van der Waals surface area contributed by atoms with E-state index in [-0.39, 0.29) is 0 Å². The van der Waals surface area contributed by atoms with Crippen molar-refractivity contribution in [2.24, 2.45) is 0 Å². The van der Waals surface area contributed by atoms with Crippen LogP contribution in [0.2, 0.25) is 0 Å². The molecule has 0 saturated heterocycles. The molecule has 0 fully saturated rings. The van der Waals surface area contributed by atoms with E-state index in [4.69, 9.17) is 16.0 Å². The number of imidazole rings is 1. The van der Waals surface area contributed by atoms with Gasteiger partial charge in [0.15, 0.2) is 5.65 Å². The van der Waals surface area contributed by atoms with E-state index in [1.54, 1.807) is 18.7 Å². The van der Waals surface area contributed by atoms with E-state index in [0.29, 0.717) is 18.8 Å². The number of fused-ring (bicyclic) bond motifs is 1. The number of hydrogen-bond donors (Lipinski definition) is 0. The normalized spacial score (nSPS) is 11.3. The van der Waals surface area contributed by atoms with Gasteiger partial charge in [0.05, 0.1) is 19.1 Å². The van der Waals surface area contributed by atoms with Crippen LogP contribution in [0.1, 0.15) is 11.4 Å². The van der Waals surface area contributed by atoms with E-state index in [1.165, 1.54) is 0 Å². The Bertz CT molecular complexity index is 693. The molecule has 0 unspecified atom stereocenters. The summed E-state index contributed by atoms with van der Waals surface area (Å²) in [6, 6.07) is 3.90. The molecule has 3 rings (SSSR count). The summed E-state index contributed by atoms with van der Waals surface area (Å²) in [6.45, 7) is 0.688. The van der Waals surface area contributed by atoms with Crippen LogP contribution in [0.15, 0.2) is 39.7 Å². The minimum Gasteiger partial charge on any atom is -0.472 e. The fourth-order valence-electron chi connectivity index (χ4n) is 2.04. The summed E-state index contributed by atoms with van der Waals surface area (Å²) in [5.74, 6) is 1.48. The van der Waals surface area contributed by atoms with Gasteiger partial charge >= 0.3 is 0 Å². The number of aromatic nitrogens is 3. The number of halogens is 2. The number of nitrogens with zero attached hydrogens (tertiary/aromatic N) is 3. The Morgan fingerprint density at radius 3 is 3.05 bits per heavy atom. The molecule has 4 nitrogen and oxygen atoms in total. The first-order valence-electron chi connectivity index (χ1n) is 5.85. The maximum absolute atomic E-state index is 5.85. The molecule has 0 spiro atoms. The van der Waals surface area contributed by atoms with E-state index < -0.39 is 0 Å². The van der Waals surface area contributed by atoms with Crippen LogP contribution in [0.5, 0.6) is 0 Å². The van der Waals surface area contributed by atoms with Crippen molar-refractivity contribution in [2.75, 3.05) is 5.88 Å². The molecule has 0 N–H and O–H groups in total. The summed E-state index contributed by atoms with van der Waals surface area (Å²) in [4.78, 5) is 9.04. The largest absolute Gasteiger partial charge is 0.472 e. The highest BCUT2D eigenvalue weighted by molar-refractivity contribution is 9.10. The fraction of sp³-hybridized carbons (Fsp3) is 0.231. The Balaban J connectivity index is 2.10. The number of alkyl halides is 1. The number of rotatable bonds is 4. The molecule has 0 amide bonds. The van der Waals surface area contributed by atoms with Crippen molar-refractivity contribution in [1.82, 2.24) is 14.5 Å². The van der Waals surface area contributed by atoms with Crippen LogP contribution in [-0.2, 0) is 13.0 Å². The zero-order chi connectivity index (χ0) is 13.2. The Morgan fingerprint density at radius 2 is 2.32 bits per heavy atom. The second kappa shape index (κ2) is 5.35. The highest BCUT2D eigenvalue weighted by Crippen LogP contribution is 2.20. The molecular weight excluding hydrogens is 330 g/mol. The fourth-order valence-corrected chi connectivity index (χ4v) is 2.53. The molecular formula is C13H11BrClN3O. The van der Waals surface area contributed by atoms with Gasteiger partial charge in [-0.15, -0.1) is 11.6 Å². The highest BCUT2D eigenvalue weighted by Gasteiger charge is 2.12. The maximum Gasteiger partial charge on any atom is 0.160 e. The SMILES string of the molecule is ClCCc1nc2cc(Br)cnc2n1Cc1ccoc1. The van der Waals surface area contributed by atoms with Gasteiger partial charge < -0.3 is 8.98 Å². The molecule has 3 heterocycles. The molecule has 0 bridgehead atoms. The van der Waals surface area contributed by atoms with Gasteiger partial charge in [-0.3, -0.25) is 0 Å². The minimum absolute atomic E-state index is 0.538. The smallest absolute Gasteiger partial charge is 0.160 e. The third-order valence-corrected chi connectivity index (χ3v) is 3.49. The summed E-state index contributed by atoms with van der Waals surface area (Å²) < 4.78 is 8.11. The van der Waals surface area contributed by atoms with Gasteiger partial charge in [-0.25, -0.2) is 9.97 Å². The van der Waals surface area contributed by atoms with Crippen molar-refractivity contribution in [3.05, 3.63) is 46.7 Å². The average Bonchev–Trinajstić information content (AvgIpc) is 2.99. The molecule has 0 aromatic carbocycles. The zero-order valence-electron chi connectivity index (χ0n) is 10.0. The second-order valence-electron chi connectivity index (χ2n) is 4.18. The Morgan fingerprint density at radius 1 is 1.42 bits per heavy atom. The van der Waals surface area contributed by atoms with E-state index in [9.17, 15) is 0 Å². The van der Waals surface area contributed by atoms with Crippen molar-refractivity contribution in [2.45, 2.75) is 13.0 Å². The van der Waals surface area contributed by atoms with Crippen LogP contribution in [0, 0.1) is 0 Å². The van der Waals surface area contributed by atoms with Gasteiger partial charge in [-0.2, -0.15) is 0 Å². The summed E-state index contributed by atoms with van der Waals surface area (Å²) in [5.41, 5.74) is 2.82.